The predicted molar refractivity (Wildman–Crippen MR) is 85.6 cm³/mol. The van der Waals surface area contributed by atoms with Gasteiger partial charge in [0, 0.05) is 29.5 Å². The lowest BCUT2D eigenvalue weighted by Crippen LogP contribution is -2.29. The molecule has 0 radical (unpaired) electrons. The third-order valence-electron chi connectivity index (χ3n) is 3.62. The highest BCUT2D eigenvalue weighted by atomic mass is 35.5. The summed E-state index contributed by atoms with van der Waals surface area (Å²) in [5.74, 6) is 0. The van der Waals surface area contributed by atoms with Gasteiger partial charge >= 0.3 is 0 Å². The Morgan fingerprint density at radius 1 is 1.32 bits per heavy atom. The number of benzene rings is 1. The van der Waals surface area contributed by atoms with E-state index < -0.39 is 0 Å². The van der Waals surface area contributed by atoms with Crippen LogP contribution < -0.4 is 0 Å². The standard InChI is InChI=1S/C15H16ClNS.ClH/c1-11-3-2-4-14(16)13(11)10-17-7-5-15-12(9-17)6-8-18-15;/h2-4,6,8H,5,7,9-10H2,1H3;1H. The Labute approximate surface area is 129 Å². The predicted octanol–water partition coefficient (Wildman–Crippen LogP) is 4.69. The average Bonchev–Trinajstić information content (AvgIpc) is 2.81. The molecule has 1 aromatic carbocycles. The number of hydrogen-bond donors (Lipinski definition) is 0. The molecule has 2 aromatic rings. The van der Waals surface area contributed by atoms with E-state index in [4.69, 9.17) is 11.6 Å². The summed E-state index contributed by atoms with van der Waals surface area (Å²) in [6.07, 6.45) is 1.18. The Morgan fingerprint density at radius 2 is 2.16 bits per heavy atom. The van der Waals surface area contributed by atoms with Crippen molar-refractivity contribution in [3.63, 3.8) is 0 Å². The van der Waals surface area contributed by atoms with Crippen molar-refractivity contribution in [2.24, 2.45) is 0 Å². The van der Waals surface area contributed by atoms with Gasteiger partial charge in [0.15, 0.2) is 0 Å². The molecule has 0 N–H and O–H groups in total. The number of halogens is 2. The van der Waals surface area contributed by atoms with Gasteiger partial charge in [0.2, 0.25) is 0 Å². The minimum Gasteiger partial charge on any atom is -0.294 e. The maximum Gasteiger partial charge on any atom is 0.0453 e. The molecule has 1 aliphatic heterocycles. The zero-order chi connectivity index (χ0) is 12.5. The molecule has 19 heavy (non-hydrogen) atoms. The molecule has 0 atom stereocenters. The van der Waals surface area contributed by atoms with Crippen LogP contribution in [0.2, 0.25) is 5.02 Å². The van der Waals surface area contributed by atoms with Gasteiger partial charge in [0.1, 0.15) is 0 Å². The molecule has 0 spiro atoms. The molecular weight excluding hydrogens is 297 g/mol. The quantitative estimate of drug-likeness (QED) is 0.777. The van der Waals surface area contributed by atoms with Gasteiger partial charge in [0.05, 0.1) is 0 Å². The van der Waals surface area contributed by atoms with Crippen molar-refractivity contribution in [1.29, 1.82) is 0 Å². The van der Waals surface area contributed by atoms with E-state index in [1.807, 2.05) is 23.5 Å². The van der Waals surface area contributed by atoms with Crippen LogP contribution in [-0.4, -0.2) is 11.4 Å². The lowest BCUT2D eigenvalue weighted by Gasteiger charge is -2.27. The normalized spacial score (nSPS) is 14.8. The zero-order valence-electron chi connectivity index (χ0n) is 10.9. The molecule has 1 aliphatic rings. The first-order chi connectivity index (χ1) is 8.74. The summed E-state index contributed by atoms with van der Waals surface area (Å²) in [4.78, 5) is 4.05. The van der Waals surface area contributed by atoms with Gasteiger partial charge in [-0.3, -0.25) is 4.90 Å². The van der Waals surface area contributed by atoms with Gasteiger partial charge in [-0.25, -0.2) is 0 Å². The van der Waals surface area contributed by atoms with Crippen LogP contribution in [0, 0.1) is 6.92 Å². The van der Waals surface area contributed by atoms with Crippen LogP contribution in [0.15, 0.2) is 29.6 Å². The second kappa shape index (κ2) is 6.27. The maximum absolute atomic E-state index is 6.30. The Bertz CT molecular complexity index is 545. The van der Waals surface area contributed by atoms with E-state index in [0.29, 0.717) is 0 Å². The first kappa shape index (κ1) is 14.9. The first-order valence-corrected chi connectivity index (χ1v) is 7.51. The first-order valence-electron chi connectivity index (χ1n) is 6.25. The molecule has 4 heteroatoms. The number of rotatable bonds is 2. The van der Waals surface area contributed by atoms with Crippen LogP contribution in [0.4, 0.5) is 0 Å². The highest BCUT2D eigenvalue weighted by molar-refractivity contribution is 7.10. The fraction of sp³-hybridized carbons (Fsp3) is 0.333. The molecule has 0 unspecified atom stereocenters. The van der Waals surface area contributed by atoms with Gasteiger partial charge in [-0.2, -0.15) is 0 Å². The van der Waals surface area contributed by atoms with Crippen molar-refractivity contribution >= 4 is 35.3 Å². The Morgan fingerprint density at radius 3 is 2.95 bits per heavy atom. The van der Waals surface area contributed by atoms with E-state index in [9.17, 15) is 0 Å². The molecule has 1 nitrogen and oxygen atoms in total. The summed E-state index contributed by atoms with van der Waals surface area (Å²) in [5.41, 5.74) is 4.06. The summed E-state index contributed by atoms with van der Waals surface area (Å²) in [7, 11) is 0. The van der Waals surface area contributed by atoms with Gasteiger partial charge in [0.25, 0.3) is 0 Å². The molecule has 2 heterocycles. The van der Waals surface area contributed by atoms with Crippen molar-refractivity contribution in [2.75, 3.05) is 6.54 Å². The van der Waals surface area contributed by atoms with Crippen molar-refractivity contribution in [1.82, 2.24) is 4.90 Å². The van der Waals surface area contributed by atoms with Crippen LogP contribution in [-0.2, 0) is 19.5 Å². The minimum absolute atomic E-state index is 0. The van der Waals surface area contributed by atoms with Gasteiger partial charge in [-0.05, 0) is 47.5 Å². The van der Waals surface area contributed by atoms with E-state index in [2.05, 4.69) is 29.3 Å². The van der Waals surface area contributed by atoms with Crippen LogP contribution in [0.1, 0.15) is 21.6 Å². The molecular formula is C15H17Cl2NS. The van der Waals surface area contributed by atoms with Crippen molar-refractivity contribution < 1.29 is 0 Å². The monoisotopic (exact) mass is 313 g/mol. The van der Waals surface area contributed by atoms with Gasteiger partial charge < -0.3 is 0 Å². The van der Waals surface area contributed by atoms with Crippen LogP contribution in [0.3, 0.4) is 0 Å². The molecule has 0 aliphatic carbocycles. The number of fused-ring (bicyclic) bond motifs is 1. The molecule has 102 valence electrons. The highest BCUT2D eigenvalue weighted by Crippen LogP contribution is 2.27. The lowest BCUT2D eigenvalue weighted by molar-refractivity contribution is 0.247. The molecule has 3 rings (SSSR count). The third kappa shape index (κ3) is 3.14. The van der Waals surface area contributed by atoms with E-state index >= 15 is 0 Å². The van der Waals surface area contributed by atoms with Crippen molar-refractivity contribution in [3.8, 4) is 0 Å². The molecule has 0 amide bonds. The summed E-state index contributed by atoms with van der Waals surface area (Å²) < 4.78 is 0. The minimum atomic E-state index is 0. The number of hydrogen-bond acceptors (Lipinski definition) is 2. The molecule has 0 saturated carbocycles. The fourth-order valence-electron chi connectivity index (χ4n) is 2.53. The van der Waals surface area contributed by atoms with Crippen LogP contribution in [0.25, 0.3) is 0 Å². The largest absolute Gasteiger partial charge is 0.294 e. The summed E-state index contributed by atoms with van der Waals surface area (Å²) >= 11 is 8.19. The Hall–Kier alpha value is -0.540. The van der Waals surface area contributed by atoms with E-state index in [0.717, 1.165) is 24.7 Å². The molecule has 0 saturated heterocycles. The van der Waals surface area contributed by atoms with Crippen LogP contribution >= 0.6 is 35.3 Å². The number of nitrogens with zero attached hydrogens (tertiary/aromatic N) is 1. The smallest absolute Gasteiger partial charge is 0.0453 e. The van der Waals surface area contributed by atoms with Crippen molar-refractivity contribution in [2.45, 2.75) is 26.4 Å². The topological polar surface area (TPSA) is 3.24 Å². The van der Waals surface area contributed by atoms with Gasteiger partial charge in [-0.15, -0.1) is 23.7 Å². The molecule has 0 bridgehead atoms. The average molecular weight is 314 g/mol. The number of thiophene rings is 1. The SMILES string of the molecule is Cc1cccc(Cl)c1CN1CCc2sccc2C1.Cl. The Balaban J connectivity index is 0.00000133. The summed E-state index contributed by atoms with van der Waals surface area (Å²) in [6, 6.07) is 8.41. The van der Waals surface area contributed by atoms with E-state index in [-0.39, 0.29) is 12.4 Å². The number of aryl methyl sites for hydroxylation is 1. The molecule has 0 fully saturated rings. The maximum atomic E-state index is 6.30. The molecule has 1 aromatic heterocycles. The summed E-state index contributed by atoms with van der Waals surface area (Å²) in [5, 5.41) is 3.10. The van der Waals surface area contributed by atoms with E-state index in [1.165, 1.54) is 23.1 Å². The second-order valence-electron chi connectivity index (χ2n) is 4.86. The lowest BCUT2D eigenvalue weighted by atomic mass is 10.1. The van der Waals surface area contributed by atoms with Gasteiger partial charge in [-0.1, -0.05) is 23.7 Å². The summed E-state index contributed by atoms with van der Waals surface area (Å²) in [6.45, 7) is 5.30. The fourth-order valence-corrected chi connectivity index (χ4v) is 3.70. The van der Waals surface area contributed by atoms with Crippen molar-refractivity contribution in [3.05, 3.63) is 56.2 Å². The zero-order valence-corrected chi connectivity index (χ0v) is 13.2. The van der Waals surface area contributed by atoms with Crippen LogP contribution in [0.5, 0.6) is 0 Å². The van der Waals surface area contributed by atoms with E-state index in [1.54, 1.807) is 4.88 Å². The third-order valence-corrected chi connectivity index (χ3v) is 5.00. The highest BCUT2D eigenvalue weighted by Gasteiger charge is 2.18. The second-order valence-corrected chi connectivity index (χ2v) is 6.27. The Kier molecular flexibility index (Phi) is 4.91.